The molecule has 4 rings (SSSR count). The van der Waals surface area contributed by atoms with E-state index in [0.717, 1.165) is 0 Å². The average molecular weight is 554 g/mol. The Bertz CT molecular complexity index is 1370. The van der Waals surface area contributed by atoms with Gasteiger partial charge in [-0.3, -0.25) is 9.59 Å². The van der Waals surface area contributed by atoms with E-state index in [-0.39, 0.29) is 36.4 Å². The highest BCUT2D eigenvalue weighted by molar-refractivity contribution is 7.99. The number of carbonyl (C=O) groups excluding carboxylic acids is 3. The van der Waals surface area contributed by atoms with Crippen LogP contribution < -0.4 is 20.1 Å². The zero-order chi connectivity index (χ0) is 28.1. The third-order valence-electron chi connectivity index (χ3n) is 5.79. The van der Waals surface area contributed by atoms with E-state index in [1.165, 1.54) is 11.8 Å². The van der Waals surface area contributed by atoms with Gasteiger partial charge in [0.25, 0.3) is 5.91 Å². The van der Waals surface area contributed by atoms with Crippen LogP contribution in [0.5, 0.6) is 11.5 Å². The summed E-state index contributed by atoms with van der Waals surface area (Å²) in [4.78, 5) is 37.8. The van der Waals surface area contributed by atoms with Gasteiger partial charge in [-0.05, 0) is 56.2 Å². The smallest absolute Gasteiger partial charge is 0.338 e. The van der Waals surface area contributed by atoms with Gasteiger partial charge in [-0.25, -0.2) is 4.79 Å². The molecule has 2 N–H and O–H groups in total. The van der Waals surface area contributed by atoms with E-state index in [4.69, 9.17) is 14.2 Å². The van der Waals surface area contributed by atoms with Crippen LogP contribution in [0.15, 0.2) is 47.6 Å². The molecule has 11 nitrogen and oxygen atoms in total. The van der Waals surface area contributed by atoms with Gasteiger partial charge in [0.15, 0.2) is 22.5 Å². The van der Waals surface area contributed by atoms with Crippen LogP contribution in [-0.2, 0) is 16.6 Å². The van der Waals surface area contributed by atoms with Gasteiger partial charge < -0.3 is 29.4 Å². The van der Waals surface area contributed by atoms with Crippen molar-refractivity contribution in [2.75, 3.05) is 17.9 Å². The van der Waals surface area contributed by atoms with E-state index in [0.29, 0.717) is 39.3 Å². The van der Waals surface area contributed by atoms with Crippen LogP contribution in [0.4, 0.5) is 5.69 Å². The Morgan fingerprint density at radius 2 is 1.79 bits per heavy atom. The van der Waals surface area contributed by atoms with E-state index in [9.17, 15) is 14.4 Å². The van der Waals surface area contributed by atoms with Crippen LogP contribution in [-0.4, -0.2) is 51.2 Å². The molecule has 0 saturated carbocycles. The van der Waals surface area contributed by atoms with Gasteiger partial charge in [-0.15, -0.1) is 10.2 Å². The summed E-state index contributed by atoms with van der Waals surface area (Å²) in [5, 5.41) is 14.9. The zero-order valence-electron chi connectivity index (χ0n) is 22.4. The van der Waals surface area contributed by atoms with E-state index >= 15 is 0 Å². The second-order valence-corrected chi connectivity index (χ2v) is 10.5. The number of nitrogens with zero attached hydrogens (tertiary/aromatic N) is 3. The molecule has 2 heterocycles. The van der Waals surface area contributed by atoms with Crippen LogP contribution in [0.25, 0.3) is 0 Å². The molecule has 0 saturated heterocycles. The highest BCUT2D eigenvalue weighted by Gasteiger charge is 2.26. The van der Waals surface area contributed by atoms with Crippen molar-refractivity contribution < 1.29 is 28.6 Å². The van der Waals surface area contributed by atoms with Crippen molar-refractivity contribution in [3.05, 3.63) is 59.4 Å². The Kier molecular flexibility index (Phi) is 8.75. The molecule has 1 unspecified atom stereocenters. The number of anilines is 1. The summed E-state index contributed by atoms with van der Waals surface area (Å²) in [5.74, 6) is 0.794. The second kappa shape index (κ2) is 12.2. The number of ether oxygens (including phenoxy) is 3. The first-order valence-electron chi connectivity index (χ1n) is 12.5. The number of rotatable bonds is 10. The Balaban J connectivity index is 1.38. The lowest BCUT2D eigenvalue weighted by Crippen LogP contribution is -2.33. The molecule has 3 aromatic rings. The molecule has 0 aliphatic carbocycles. The molecule has 39 heavy (non-hydrogen) atoms. The summed E-state index contributed by atoms with van der Waals surface area (Å²) < 4.78 is 17.7. The van der Waals surface area contributed by atoms with Gasteiger partial charge in [0.1, 0.15) is 0 Å². The molecule has 0 spiro atoms. The molecule has 0 fully saturated rings. The highest BCUT2D eigenvalue weighted by Crippen LogP contribution is 2.33. The van der Waals surface area contributed by atoms with E-state index < -0.39 is 12.0 Å². The molecule has 1 aliphatic rings. The van der Waals surface area contributed by atoms with Crippen molar-refractivity contribution in [3.8, 4) is 11.5 Å². The van der Waals surface area contributed by atoms with Gasteiger partial charge in [0.2, 0.25) is 12.7 Å². The maximum Gasteiger partial charge on any atom is 0.338 e. The van der Waals surface area contributed by atoms with Crippen molar-refractivity contribution in [2.24, 2.45) is 13.0 Å². The van der Waals surface area contributed by atoms with E-state index in [2.05, 4.69) is 20.8 Å². The summed E-state index contributed by atoms with van der Waals surface area (Å²) in [6, 6.07) is 11.2. The third kappa shape index (κ3) is 6.88. The van der Waals surface area contributed by atoms with E-state index in [1.807, 2.05) is 13.8 Å². The SMILES string of the molecule is CC(C)OC(=O)c1cccc(NC(=O)CSc2nnc(C(NC(=O)c3ccc4c(c3)OCO4)C(C)C)n2C)c1. The molecule has 2 aromatic carbocycles. The minimum atomic E-state index is -0.451. The zero-order valence-corrected chi connectivity index (χ0v) is 23.2. The first-order valence-corrected chi connectivity index (χ1v) is 13.4. The molecule has 1 aromatic heterocycles. The fourth-order valence-corrected chi connectivity index (χ4v) is 4.57. The van der Waals surface area contributed by atoms with Crippen LogP contribution in [0.1, 0.15) is 60.3 Å². The van der Waals surface area contributed by atoms with Gasteiger partial charge in [0.05, 0.1) is 23.5 Å². The Morgan fingerprint density at radius 1 is 1.03 bits per heavy atom. The highest BCUT2D eigenvalue weighted by atomic mass is 32.2. The Hall–Kier alpha value is -4.06. The first kappa shape index (κ1) is 28.0. The van der Waals surface area contributed by atoms with Gasteiger partial charge >= 0.3 is 5.97 Å². The molecule has 2 amide bonds. The maximum atomic E-state index is 13.0. The minimum Gasteiger partial charge on any atom is -0.459 e. The lowest BCUT2D eigenvalue weighted by atomic mass is 10.0. The van der Waals surface area contributed by atoms with Crippen LogP contribution >= 0.6 is 11.8 Å². The van der Waals surface area contributed by atoms with E-state index in [1.54, 1.807) is 67.9 Å². The van der Waals surface area contributed by atoms with Crippen molar-refractivity contribution in [1.29, 1.82) is 0 Å². The maximum absolute atomic E-state index is 13.0. The predicted molar refractivity (Wildman–Crippen MR) is 145 cm³/mol. The number of carbonyl (C=O) groups is 3. The van der Waals surface area contributed by atoms with Gasteiger partial charge in [-0.1, -0.05) is 31.7 Å². The molecular formula is C27H31N5O6S. The molecular weight excluding hydrogens is 522 g/mol. The lowest BCUT2D eigenvalue weighted by molar-refractivity contribution is -0.113. The number of fused-ring (bicyclic) bond motifs is 1. The second-order valence-electron chi connectivity index (χ2n) is 9.53. The topological polar surface area (TPSA) is 134 Å². The normalized spacial score (nSPS) is 12.9. The number of nitrogens with one attached hydrogen (secondary N) is 2. The number of benzene rings is 2. The van der Waals surface area contributed by atoms with Crippen molar-refractivity contribution in [2.45, 2.75) is 45.0 Å². The Morgan fingerprint density at radius 3 is 2.54 bits per heavy atom. The molecule has 12 heteroatoms. The number of thioether (sulfide) groups is 1. The predicted octanol–water partition coefficient (Wildman–Crippen LogP) is 3.97. The van der Waals surface area contributed by atoms with Crippen molar-refractivity contribution in [3.63, 3.8) is 0 Å². The van der Waals surface area contributed by atoms with Crippen molar-refractivity contribution in [1.82, 2.24) is 20.1 Å². The number of hydrogen-bond acceptors (Lipinski definition) is 9. The number of hydrogen-bond donors (Lipinski definition) is 2. The van der Waals surface area contributed by atoms with Crippen LogP contribution in [0.3, 0.4) is 0 Å². The summed E-state index contributed by atoms with van der Waals surface area (Å²) in [6.45, 7) is 7.63. The fourth-order valence-electron chi connectivity index (χ4n) is 3.85. The molecule has 0 radical (unpaired) electrons. The number of aromatic nitrogens is 3. The van der Waals surface area contributed by atoms with Crippen molar-refractivity contribution >= 4 is 35.2 Å². The first-order chi connectivity index (χ1) is 18.6. The third-order valence-corrected chi connectivity index (χ3v) is 6.81. The summed E-state index contributed by atoms with van der Waals surface area (Å²) >= 11 is 1.21. The standard InChI is InChI=1S/C27H31N5O6S/c1-15(2)23(29-25(34)17-9-10-20-21(12-17)37-14-36-20)24-30-31-27(32(24)5)39-13-22(33)28-19-8-6-7-18(11-19)26(35)38-16(3)4/h6-12,15-16,23H,13-14H2,1-5H3,(H,28,33)(H,29,34). The molecule has 1 atom stereocenters. The summed E-state index contributed by atoms with van der Waals surface area (Å²) in [7, 11) is 1.79. The monoisotopic (exact) mass is 553 g/mol. The number of esters is 1. The summed E-state index contributed by atoms with van der Waals surface area (Å²) in [6.07, 6.45) is -0.240. The van der Waals surface area contributed by atoms with Crippen LogP contribution in [0, 0.1) is 5.92 Å². The lowest BCUT2D eigenvalue weighted by Gasteiger charge is -2.21. The molecule has 206 valence electrons. The largest absolute Gasteiger partial charge is 0.459 e. The quantitative estimate of drug-likeness (QED) is 0.283. The molecule has 1 aliphatic heterocycles. The summed E-state index contributed by atoms with van der Waals surface area (Å²) in [5.41, 5.74) is 1.29. The van der Waals surface area contributed by atoms with Gasteiger partial charge in [-0.2, -0.15) is 0 Å². The van der Waals surface area contributed by atoms with Gasteiger partial charge in [0, 0.05) is 18.3 Å². The number of amides is 2. The van der Waals surface area contributed by atoms with Crippen LogP contribution in [0.2, 0.25) is 0 Å². The molecule has 0 bridgehead atoms. The Labute approximate surface area is 230 Å². The minimum absolute atomic E-state index is 0.0154. The average Bonchev–Trinajstić information content (AvgIpc) is 3.51. The fraction of sp³-hybridized carbons (Fsp3) is 0.370.